The number of ketones is 1. The zero-order chi connectivity index (χ0) is 16.9. The van der Waals surface area contributed by atoms with E-state index in [2.05, 4.69) is 5.32 Å². The molecule has 0 spiro atoms. The Kier molecular flexibility index (Phi) is 7.45. The Balaban J connectivity index is 0.00000225. The van der Waals surface area contributed by atoms with Gasteiger partial charge < -0.3 is 10.2 Å². The molecule has 0 radical (unpaired) electrons. The lowest BCUT2D eigenvalue weighted by Crippen LogP contribution is -2.45. The molecule has 1 saturated heterocycles. The van der Waals surface area contributed by atoms with Crippen molar-refractivity contribution in [2.24, 2.45) is 5.92 Å². The fraction of sp³-hybridized carbons (Fsp3) is 0.600. The van der Waals surface area contributed by atoms with Crippen LogP contribution < -0.4 is 5.32 Å². The van der Waals surface area contributed by atoms with Gasteiger partial charge in [-0.25, -0.2) is 0 Å². The van der Waals surface area contributed by atoms with Crippen molar-refractivity contribution in [2.45, 2.75) is 51.5 Å². The van der Waals surface area contributed by atoms with Crippen LogP contribution in [0.5, 0.6) is 0 Å². The third-order valence-electron chi connectivity index (χ3n) is 5.18. The Morgan fingerprint density at radius 3 is 2.28 bits per heavy atom. The van der Waals surface area contributed by atoms with E-state index in [4.69, 9.17) is 0 Å². The fourth-order valence-electron chi connectivity index (χ4n) is 3.25. The molecule has 1 aliphatic carbocycles. The standard InChI is InChI=1S/C20H28N2O2.ClH/c1-15-2-6-17(7-3-15)19(23)8-9-20(24)22-12-10-18(11-13-22)21-14-16-4-5-16;/h2-3,6-7,16,18,21H,4-5,8-14H2,1H3;1H. The number of hydrogen-bond acceptors (Lipinski definition) is 3. The van der Waals surface area contributed by atoms with Crippen LogP contribution >= 0.6 is 12.4 Å². The molecule has 25 heavy (non-hydrogen) atoms. The number of amides is 1. The van der Waals surface area contributed by atoms with Crippen molar-refractivity contribution in [3.63, 3.8) is 0 Å². The minimum atomic E-state index is 0. The Hall–Kier alpha value is -1.39. The Morgan fingerprint density at radius 2 is 1.68 bits per heavy atom. The smallest absolute Gasteiger partial charge is 0.223 e. The quantitative estimate of drug-likeness (QED) is 0.754. The molecular formula is C20H29ClN2O2. The van der Waals surface area contributed by atoms with Crippen LogP contribution in [0.4, 0.5) is 0 Å². The van der Waals surface area contributed by atoms with E-state index in [1.807, 2.05) is 36.1 Å². The second-order valence-corrected chi connectivity index (χ2v) is 7.30. The molecule has 5 heteroatoms. The van der Waals surface area contributed by atoms with Crippen molar-refractivity contribution >= 4 is 24.1 Å². The van der Waals surface area contributed by atoms with E-state index in [0.717, 1.165) is 44.0 Å². The van der Waals surface area contributed by atoms with Crippen LogP contribution in [-0.2, 0) is 4.79 Å². The van der Waals surface area contributed by atoms with Crippen LogP contribution in [0.25, 0.3) is 0 Å². The number of carbonyl (C=O) groups is 2. The van der Waals surface area contributed by atoms with Crippen LogP contribution in [0.2, 0.25) is 0 Å². The van der Waals surface area contributed by atoms with E-state index >= 15 is 0 Å². The number of carbonyl (C=O) groups excluding carboxylic acids is 2. The van der Waals surface area contributed by atoms with E-state index in [1.165, 1.54) is 12.8 Å². The predicted octanol–water partition coefficient (Wildman–Crippen LogP) is 3.37. The first-order valence-corrected chi connectivity index (χ1v) is 9.23. The molecule has 1 aromatic carbocycles. The first-order valence-electron chi connectivity index (χ1n) is 9.23. The number of hydrogen-bond donors (Lipinski definition) is 1. The summed E-state index contributed by atoms with van der Waals surface area (Å²) in [5, 5.41) is 3.63. The molecule has 0 atom stereocenters. The number of aryl methyl sites for hydroxylation is 1. The minimum Gasteiger partial charge on any atom is -0.343 e. The van der Waals surface area contributed by atoms with Crippen molar-refractivity contribution in [3.05, 3.63) is 35.4 Å². The number of piperidine rings is 1. The maximum absolute atomic E-state index is 12.3. The zero-order valence-electron chi connectivity index (χ0n) is 15.0. The maximum Gasteiger partial charge on any atom is 0.223 e. The molecule has 0 bridgehead atoms. The number of nitrogens with zero attached hydrogens (tertiary/aromatic N) is 1. The van der Waals surface area contributed by atoms with Gasteiger partial charge in [-0.2, -0.15) is 0 Å². The van der Waals surface area contributed by atoms with Gasteiger partial charge in [0, 0.05) is 37.5 Å². The molecule has 1 saturated carbocycles. The number of likely N-dealkylation sites (tertiary alicyclic amines) is 1. The average molecular weight is 365 g/mol. The van der Waals surface area contributed by atoms with Crippen molar-refractivity contribution < 1.29 is 9.59 Å². The largest absolute Gasteiger partial charge is 0.343 e. The van der Waals surface area contributed by atoms with Gasteiger partial charge in [0.25, 0.3) is 0 Å². The van der Waals surface area contributed by atoms with E-state index < -0.39 is 0 Å². The van der Waals surface area contributed by atoms with Crippen LogP contribution in [-0.4, -0.2) is 42.3 Å². The summed E-state index contributed by atoms with van der Waals surface area (Å²) in [7, 11) is 0. The number of rotatable bonds is 7. The highest BCUT2D eigenvalue weighted by molar-refractivity contribution is 5.97. The molecule has 1 heterocycles. The van der Waals surface area contributed by atoms with Crippen LogP contribution in [0, 0.1) is 12.8 Å². The molecular weight excluding hydrogens is 336 g/mol. The van der Waals surface area contributed by atoms with Crippen molar-refractivity contribution in [2.75, 3.05) is 19.6 Å². The van der Waals surface area contributed by atoms with E-state index in [1.54, 1.807) is 0 Å². The predicted molar refractivity (Wildman–Crippen MR) is 102 cm³/mol. The molecule has 2 fully saturated rings. The molecule has 0 unspecified atom stereocenters. The lowest BCUT2D eigenvalue weighted by molar-refractivity contribution is -0.132. The monoisotopic (exact) mass is 364 g/mol. The van der Waals surface area contributed by atoms with Gasteiger partial charge in [-0.1, -0.05) is 29.8 Å². The summed E-state index contributed by atoms with van der Waals surface area (Å²) in [6.45, 7) is 4.78. The topological polar surface area (TPSA) is 49.4 Å². The van der Waals surface area contributed by atoms with Crippen molar-refractivity contribution in [1.82, 2.24) is 10.2 Å². The third-order valence-corrected chi connectivity index (χ3v) is 5.18. The van der Waals surface area contributed by atoms with E-state index in [-0.39, 0.29) is 24.1 Å². The Bertz CT molecular complexity index is 576. The molecule has 1 amide bonds. The van der Waals surface area contributed by atoms with Gasteiger partial charge in [0.1, 0.15) is 0 Å². The molecule has 138 valence electrons. The molecule has 1 aromatic rings. The molecule has 1 aliphatic heterocycles. The molecule has 0 aromatic heterocycles. The lowest BCUT2D eigenvalue weighted by Gasteiger charge is -2.32. The van der Waals surface area contributed by atoms with E-state index in [0.29, 0.717) is 24.4 Å². The third kappa shape index (κ3) is 6.12. The molecule has 2 aliphatic rings. The van der Waals surface area contributed by atoms with Crippen LogP contribution in [0.15, 0.2) is 24.3 Å². The normalized spacial score (nSPS) is 17.9. The highest BCUT2D eigenvalue weighted by Gasteiger charge is 2.26. The van der Waals surface area contributed by atoms with Gasteiger partial charge in [-0.15, -0.1) is 12.4 Å². The van der Waals surface area contributed by atoms with E-state index in [9.17, 15) is 9.59 Å². The van der Waals surface area contributed by atoms with Crippen LogP contribution in [0.3, 0.4) is 0 Å². The van der Waals surface area contributed by atoms with Gasteiger partial charge in [0.05, 0.1) is 0 Å². The Labute approximate surface area is 156 Å². The van der Waals surface area contributed by atoms with Gasteiger partial charge in [-0.05, 0) is 45.1 Å². The molecule has 1 N–H and O–H groups in total. The van der Waals surface area contributed by atoms with Crippen molar-refractivity contribution in [3.8, 4) is 0 Å². The summed E-state index contributed by atoms with van der Waals surface area (Å²) < 4.78 is 0. The van der Waals surface area contributed by atoms with Crippen LogP contribution in [0.1, 0.15) is 54.4 Å². The first-order chi connectivity index (χ1) is 11.6. The molecule has 4 nitrogen and oxygen atoms in total. The summed E-state index contributed by atoms with van der Waals surface area (Å²) in [6.07, 6.45) is 5.45. The summed E-state index contributed by atoms with van der Waals surface area (Å²) in [5.74, 6) is 1.08. The maximum atomic E-state index is 12.3. The summed E-state index contributed by atoms with van der Waals surface area (Å²) >= 11 is 0. The summed E-state index contributed by atoms with van der Waals surface area (Å²) in [4.78, 5) is 26.4. The first kappa shape index (κ1) is 19.9. The van der Waals surface area contributed by atoms with Gasteiger partial charge in [0.2, 0.25) is 5.91 Å². The average Bonchev–Trinajstić information content (AvgIpc) is 3.43. The van der Waals surface area contributed by atoms with Gasteiger partial charge >= 0.3 is 0 Å². The lowest BCUT2D eigenvalue weighted by atomic mass is 10.0. The summed E-state index contributed by atoms with van der Waals surface area (Å²) in [6, 6.07) is 8.13. The van der Waals surface area contributed by atoms with Gasteiger partial charge in [0.15, 0.2) is 5.78 Å². The highest BCUT2D eigenvalue weighted by atomic mass is 35.5. The Morgan fingerprint density at radius 1 is 1.04 bits per heavy atom. The number of halogens is 1. The fourth-order valence-corrected chi connectivity index (χ4v) is 3.25. The van der Waals surface area contributed by atoms with Gasteiger partial charge in [-0.3, -0.25) is 9.59 Å². The van der Waals surface area contributed by atoms with Crippen molar-refractivity contribution in [1.29, 1.82) is 0 Å². The second kappa shape index (κ2) is 9.35. The second-order valence-electron chi connectivity index (χ2n) is 7.30. The zero-order valence-corrected chi connectivity index (χ0v) is 15.8. The summed E-state index contributed by atoms with van der Waals surface area (Å²) in [5.41, 5.74) is 1.84. The highest BCUT2D eigenvalue weighted by Crippen LogP contribution is 2.28. The SMILES string of the molecule is Cc1ccc(C(=O)CCC(=O)N2CCC(NCC3CC3)CC2)cc1.Cl. The number of benzene rings is 1. The number of nitrogens with one attached hydrogen (secondary N) is 1. The number of Topliss-reactive ketones (excluding diaryl/α,β-unsaturated/α-hetero) is 1. The minimum absolute atomic E-state index is 0. The molecule has 3 rings (SSSR count).